The van der Waals surface area contributed by atoms with E-state index in [-0.39, 0.29) is 36.9 Å². The Labute approximate surface area is 95.2 Å². The number of halogens is 1. The summed E-state index contributed by atoms with van der Waals surface area (Å²) in [4.78, 5) is 0. The van der Waals surface area contributed by atoms with E-state index in [9.17, 15) is 4.39 Å². The fourth-order valence-electron chi connectivity index (χ4n) is 1.38. The average Bonchev–Trinajstić information content (AvgIpc) is 2.25. The van der Waals surface area contributed by atoms with Gasteiger partial charge in [-0.2, -0.15) is 0 Å². The molecule has 0 aliphatic carbocycles. The first-order valence-electron chi connectivity index (χ1n) is 5.37. The van der Waals surface area contributed by atoms with Crippen molar-refractivity contribution in [3.63, 3.8) is 0 Å². The number of ether oxygens (including phenoxy) is 1. The summed E-state index contributed by atoms with van der Waals surface area (Å²) < 4.78 is 18.5. The number of para-hydroxylation sites is 1. The van der Waals surface area contributed by atoms with Crippen molar-refractivity contribution < 1.29 is 14.2 Å². The van der Waals surface area contributed by atoms with Gasteiger partial charge in [0.1, 0.15) is 6.61 Å². The van der Waals surface area contributed by atoms with Crippen molar-refractivity contribution >= 4 is 0 Å². The van der Waals surface area contributed by atoms with Crippen LogP contribution in [-0.2, 0) is 0 Å². The van der Waals surface area contributed by atoms with E-state index in [0.29, 0.717) is 0 Å². The smallest absolute Gasteiger partial charge is 0.165 e. The Hall–Kier alpha value is -1.13. The van der Waals surface area contributed by atoms with E-state index in [2.05, 4.69) is 5.32 Å². The van der Waals surface area contributed by atoms with Gasteiger partial charge in [-0.25, -0.2) is 4.39 Å². The summed E-state index contributed by atoms with van der Waals surface area (Å²) in [7, 11) is 0. The summed E-state index contributed by atoms with van der Waals surface area (Å²) in [5.74, 6) is -0.171. The van der Waals surface area contributed by atoms with Crippen LogP contribution in [0.25, 0.3) is 0 Å². The van der Waals surface area contributed by atoms with Gasteiger partial charge in [-0.1, -0.05) is 26.0 Å². The highest BCUT2D eigenvalue weighted by Gasteiger charge is 2.10. The SMILES string of the molecule is CC(C)NC(CO)COc1ccccc1F. The van der Waals surface area contributed by atoms with E-state index in [1.54, 1.807) is 18.2 Å². The quantitative estimate of drug-likeness (QED) is 0.775. The first kappa shape index (κ1) is 12.9. The van der Waals surface area contributed by atoms with Crippen molar-refractivity contribution in [2.75, 3.05) is 13.2 Å². The maximum atomic E-state index is 13.2. The number of rotatable bonds is 6. The molecule has 1 atom stereocenters. The molecule has 2 N–H and O–H groups in total. The van der Waals surface area contributed by atoms with Crippen molar-refractivity contribution in [1.82, 2.24) is 5.32 Å². The van der Waals surface area contributed by atoms with Crippen molar-refractivity contribution in [3.05, 3.63) is 30.1 Å². The zero-order valence-corrected chi connectivity index (χ0v) is 9.61. The molecule has 0 spiro atoms. The second-order valence-electron chi connectivity index (χ2n) is 3.94. The normalized spacial score (nSPS) is 12.8. The Kier molecular flexibility index (Phi) is 5.22. The first-order valence-corrected chi connectivity index (χ1v) is 5.37. The Morgan fingerprint density at radius 1 is 1.38 bits per heavy atom. The summed E-state index contributed by atoms with van der Waals surface area (Å²) >= 11 is 0. The second-order valence-corrected chi connectivity index (χ2v) is 3.94. The lowest BCUT2D eigenvalue weighted by molar-refractivity contribution is 0.173. The molecule has 90 valence electrons. The summed E-state index contributed by atoms with van der Waals surface area (Å²) in [6, 6.07) is 6.31. The third-order valence-corrected chi connectivity index (χ3v) is 2.07. The highest BCUT2D eigenvalue weighted by Crippen LogP contribution is 2.15. The molecule has 4 heteroatoms. The second kappa shape index (κ2) is 6.45. The molecular weight excluding hydrogens is 209 g/mol. The molecule has 0 aliphatic heterocycles. The molecule has 1 rings (SSSR count). The lowest BCUT2D eigenvalue weighted by Crippen LogP contribution is -2.41. The van der Waals surface area contributed by atoms with Gasteiger partial charge in [0, 0.05) is 6.04 Å². The Morgan fingerprint density at radius 3 is 2.62 bits per heavy atom. The van der Waals surface area contributed by atoms with E-state index < -0.39 is 0 Å². The van der Waals surface area contributed by atoms with Crippen LogP contribution in [0.15, 0.2) is 24.3 Å². The van der Waals surface area contributed by atoms with Gasteiger partial charge in [0.05, 0.1) is 12.6 Å². The minimum Gasteiger partial charge on any atom is -0.489 e. The van der Waals surface area contributed by atoms with Crippen LogP contribution < -0.4 is 10.1 Å². The fraction of sp³-hybridized carbons (Fsp3) is 0.500. The van der Waals surface area contributed by atoms with Crippen molar-refractivity contribution in [3.8, 4) is 5.75 Å². The largest absolute Gasteiger partial charge is 0.489 e. The number of aliphatic hydroxyl groups is 1. The molecule has 0 fully saturated rings. The van der Waals surface area contributed by atoms with Crippen molar-refractivity contribution in [1.29, 1.82) is 0 Å². The zero-order chi connectivity index (χ0) is 12.0. The Balaban J connectivity index is 2.46. The van der Waals surface area contributed by atoms with Gasteiger partial charge in [-0.05, 0) is 12.1 Å². The van der Waals surface area contributed by atoms with Crippen LogP contribution in [0.5, 0.6) is 5.75 Å². The predicted octanol–water partition coefficient (Wildman–Crippen LogP) is 1.56. The molecule has 1 aromatic rings. The highest BCUT2D eigenvalue weighted by molar-refractivity contribution is 5.23. The van der Waals surface area contributed by atoms with Crippen LogP contribution in [0.1, 0.15) is 13.8 Å². The van der Waals surface area contributed by atoms with Gasteiger partial charge in [-0.15, -0.1) is 0 Å². The maximum Gasteiger partial charge on any atom is 0.165 e. The van der Waals surface area contributed by atoms with Crippen LogP contribution in [0.3, 0.4) is 0 Å². The van der Waals surface area contributed by atoms with Crippen LogP contribution >= 0.6 is 0 Å². The molecule has 3 nitrogen and oxygen atoms in total. The number of hydrogen-bond donors (Lipinski definition) is 2. The highest BCUT2D eigenvalue weighted by atomic mass is 19.1. The molecule has 0 radical (unpaired) electrons. The number of hydrogen-bond acceptors (Lipinski definition) is 3. The summed E-state index contributed by atoms with van der Waals surface area (Å²) in [6.07, 6.45) is 0. The number of nitrogens with one attached hydrogen (secondary N) is 1. The molecule has 0 heterocycles. The first-order chi connectivity index (χ1) is 7.63. The molecule has 0 aliphatic rings. The standard InChI is InChI=1S/C12H18FNO2/c1-9(2)14-10(7-15)8-16-12-6-4-3-5-11(12)13/h3-6,9-10,14-15H,7-8H2,1-2H3. The molecule has 1 aromatic carbocycles. The van der Waals surface area contributed by atoms with E-state index in [1.165, 1.54) is 6.07 Å². The Morgan fingerprint density at radius 2 is 2.06 bits per heavy atom. The van der Waals surface area contributed by atoms with Gasteiger partial charge in [0.25, 0.3) is 0 Å². The molecule has 0 amide bonds. The van der Waals surface area contributed by atoms with Crippen LogP contribution in [-0.4, -0.2) is 30.4 Å². The topological polar surface area (TPSA) is 41.5 Å². The predicted molar refractivity (Wildman–Crippen MR) is 61.0 cm³/mol. The summed E-state index contributed by atoms with van der Waals surface area (Å²) in [5, 5.41) is 12.2. The van der Waals surface area contributed by atoms with E-state index in [1.807, 2.05) is 13.8 Å². The van der Waals surface area contributed by atoms with E-state index >= 15 is 0 Å². The molecule has 1 unspecified atom stereocenters. The van der Waals surface area contributed by atoms with E-state index in [0.717, 1.165) is 0 Å². The van der Waals surface area contributed by atoms with E-state index in [4.69, 9.17) is 9.84 Å². The van der Waals surface area contributed by atoms with Gasteiger partial charge < -0.3 is 15.2 Å². The monoisotopic (exact) mass is 227 g/mol. The van der Waals surface area contributed by atoms with Gasteiger partial charge >= 0.3 is 0 Å². The molecule has 0 aromatic heterocycles. The van der Waals surface area contributed by atoms with Crippen LogP contribution in [0.4, 0.5) is 4.39 Å². The summed E-state index contributed by atoms with van der Waals surface area (Å²) in [5.41, 5.74) is 0. The lowest BCUT2D eigenvalue weighted by atomic mass is 10.2. The van der Waals surface area contributed by atoms with Crippen LogP contribution in [0.2, 0.25) is 0 Å². The third-order valence-electron chi connectivity index (χ3n) is 2.07. The minimum atomic E-state index is -0.385. The van der Waals surface area contributed by atoms with Crippen molar-refractivity contribution in [2.24, 2.45) is 0 Å². The van der Waals surface area contributed by atoms with Gasteiger partial charge in [0.15, 0.2) is 11.6 Å². The minimum absolute atomic E-state index is 0.0351. The number of aliphatic hydroxyl groups excluding tert-OH is 1. The van der Waals surface area contributed by atoms with Crippen molar-refractivity contribution in [2.45, 2.75) is 25.9 Å². The molecule has 0 saturated carbocycles. The average molecular weight is 227 g/mol. The zero-order valence-electron chi connectivity index (χ0n) is 9.61. The number of benzene rings is 1. The molecule has 0 saturated heterocycles. The third kappa shape index (κ3) is 4.16. The lowest BCUT2D eigenvalue weighted by Gasteiger charge is -2.19. The van der Waals surface area contributed by atoms with Gasteiger partial charge in [0.2, 0.25) is 0 Å². The van der Waals surface area contributed by atoms with Gasteiger partial charge in [-0.3, -0.25) is 0 Å². The summed E-state index contributed by atoms with van der Waals surface area (Å²) in [6.45, 7) is 4.17. The molecular formula is C12H18FNO2. The Bertz CT molecular complexity index is 318. The maximum absolute atomic E-state index is 13.2. The molecule has 16 heavy (non-hydrogen) atoms. The van der Waals surface area contributed by atoms with Crippen LogP contribution in [0, 0.1) is 5.82 Å². The molecule has 0 bridgehead atoms. The fourth-order valence-corrected chi connectivity index (χ4v) is 1.38.